The van der Waals surface area contributed by atoms with E-state index in [-0.39, 0.29) is 5.41 Å². The number of hydrogen-bond donors (Lipinski definition) is 1. The van der Waals surface area contributed by atoms with Gasteiger partial charge >= 0.3 is 0 Å². The van der Waals surface area contributed by atoms with E-state index < -0.39 is 0 Å². The number of piperidine rings is 1. The maximum Gasteiger partial charge on any atom is 0.228 e. The predicted octanol–water partition coefficient (Wildman–Crippen LogP) is 1.60. The summed E-state index contributed by atoms with van der Waals surface area (Å²) in [5.74, 6) is 1.27. The van der Waals surface area contributed by atoms with Crippen LogP contribution in [0, 0.1) is 5.41 Å². The highest BCUT2D eigenvalue weighted by Gasteiger charge is 2.38. The molecule has 2 heterocycles. The van der Waals surface area contributed by atoms with Crippen molar-refractivity contribution in [2.75, 3.05) is 52.4 Å². The summed E-state index contributed by atoms with van der Waals surface area (Å²) in [7, 11) is 0. The second-order valence-corrected chi connectivity index (χ2v) is 7.11. The third-order valence-electron chi connectivity index (χ3n) is 5.30. The smallest absolute Gasteiger partial charge is 0.228 e. The molecule has 0 atom stereocenters. The lowest BCUT2D eigenvalue weighted by molar-refractivity contribution is -0.144. The standard InChI is InChI=1S/C19H29N3O2/c1-19(7-9-20-10-8-19)18(23)22-13-11-21(12-14-22)15-16-24-17-5-3-2-4-6-17/h2-6,20H,7-16H2,1H3. The molecule has 2 saturated heterocycles. The van der Waals surface area contributed by atoms with Gasteiger partial charge in [0.05, 0.1) is 0 Å². The lowest BCUT2D eigenvalue weighted by Gasteiger charge is -2.41. The number of rotatable bonds is 5. The van der Waals surface area contributed by atoms with E-state index in [4.69, 9.17) is 4.74 Å². The van der Waals surface area contributed by atoms with Crippen LogP contribution in [0.1, 0.15) is 19.8 Å². The molecule has 0 saturated carbocycles. The fraction of sp³-hybridized carbons (Fsp3) is 0.632. The van der Waals surface area contributed by atoms with Crippen molar-refractivity contribution in [3.63, 3.8) is 0 Å². The van der Waals surface area contributed by atoms with Crippen molar-refractivity contribution in [1.29, 1.82) is 0 Å². The highest BCUT2D eigenvalue weighted by molar-refractivity contribution is 5.82. The molecule has 2 fully saturated rings. The molecule has 1 aromatic rings. The summed E-state index contributed by atoms with van der Waals surface area (Å²) in [6.45, 7) is 9.23. The number of amides is 1. The molecule has 0 unspecified atom stereocenters. The lowest BCUT2D eigenvalue weighted by Crippen LogP contribution is -2.54. The number of benzene rings is 1. The fourth-order valence-corrected chi connectivity index (χ4v) is 3.56. The zero-order valence-corrected chi connectivity index (χ0v) is 14.7. The number of carbonyl (C=O) groups is 1. The number of nitrogens with one attached hydrogen (secondary N) is 1. The van der Waals surface area contributed by atoms with Crippen LogP contribution in [0.3, 0.4) is 0 Å². The van der Waals surface area contributed by atoms with Crippen LogP contribution < -0.4 is 10.1 Å². The highest BCUT2D eigenvalue weighted by Crippen LogP contribution is 2.30. The van der Waals surface area contributed by atoms with Gasteiger partial charge in [0.15, 0.2) is 0 Å². The van der Waals surface area contributed by atoms with Crippen LogP contribution >= 0.6 is 0 Å². The number of nitrogens with zero attached hydrogens (tertiary/aromatic N) is 2. The van der Waals surface area contributed by atoms with Crippen molar-refractivity contribution in [1.82, 2.24) is 15.1 Å². The first-order chi connectivity index (χ1) is 11.7. The number of para-hydroxylation sites is 1. The Morgan fingerprint density at radius 3 is 2.46 bits per heavy atom. The fourth-order valence-electron chi connectivity index (χ4n) is 3.56. The molecule has 0 radical (unpaired) electrons. The molecule has 5 nitrogen and oxygen atoms in total. The van der Waals surface area contributed by atoms with Crippen molar-refractivity contribution in [3.8, 4) is 5.75 Å². The van der Waals surface area contributed by atoms with E-state index in [1.807, 2.05) is 30.3 Å². The summed E-state index contributed by atoms with van der Waals surface area (Å²) >= 11 is 0. The average Bonchev–Trinajstić information content (AvgIpc) is 2.63. The van der Waals surface area contributed by atoms with E-state index >= 15 is 0 Å². The molecular formula is C19H29N3O2. The molecule has 2 aliphatic rings. The van der Waals surface area contributed by atoms with Crippen LogP contribution in [0.25, 0.3) is 0 Å². The van der Waals surface area contributed by atoms with Gasteiger partial charge in [0.1, 0.15) is 12.4 Å². The predicted molar refractivity (Wildman–Crippen MR) is 95.2 cm³/mol. The molecule has 1 N–H and O–H groups in total. The molecule has 0 aliphatic carbocycles. The minimum absolute atomic E-state index is 0.163. The molecule has 0 aromatic heterocycles. The molecule has 132 valence electrons. The van der Waals surface area contributed by atoms with Crippen LogP contribution in [0.2, 0.25) is 0 Å². The Morgan fingerprint density at radius 2 is 1.79 bits per heavy atom. The Morgan fingerprint density at radius 1 is 1.12 bits per heavy atom. The summed E-state index contributed by atoms with van der Waals surface area (Å²) in [6, 6.07) is 9.93. The molecule has 1 aromatic carbocycles. The molecular weight excluding hydrogens is 302 g/mol. The molecule has 3 rings (SSSR count). The van der Waals surface area contributed by atoms with Gasteiger partial charge in [-0.2, -0.15) is 0 Å². The summed E-state index contributed by atoms with van der Waals surface area (Å²) in [5, 5.41) is 3.35. The Hall–Kier alpha value is -1.59. The Bertz CT molecular complexity index is 521. The first kappa shape index (κ1) is 17.2. The normalized spacial score (nSPS) is 21.5. The second kappa shape index (κ2) is 7.99. The quantitative estimate of drug-likeness (QED) is 0.890. The Balaban J connectivity index is 1.40. The summed E-state index contributed by atoms with van der Waals surface area (Å²) in [5.41, 5.74) is -0.163. The van der Waals surface area contributed by atoms with Crippen molar-refractivity contribution < 1.29 is 9.53 Å². The van der Waals surface area contributed by atoms with Crippen LogP contribution in [0.15, 0.2) is 30.3 Å². The maximum absolute atomic E-state index is 12.8. The van der Waals surface area contributed by atoms with Gasteiger partial charge in [0, 0.05) is 38.1 Å². The largest absolute Gasteiger partial charge is 0.492 e. The van der Waals surface area contributed by atoms with Crippen LogP contribution in [0.5, 0.6) is 5.75 Å². The van der Waals surface area contributed by atoms with Gasteiger partial charge in [-0.3, -0.25) is 9.69 Å². The molecule has 0 spiro atoms. The van der Waals surface area contributed by atoms with Gasteiger partial charge in [-0.25, -0.2) is 0 Å². The van der Waals surface area contributed by atoms with Crippen molar-refractivity contribution >= 4 is 5.91 Å². The molecule has 24 heavy (non-hydrogen) atoms. The third kappa shape index (κ3) is 4.28. The van der Waals surface area contributed by atoms with Crippen LogP contribution in [-0.2, 0) is 4.79 Å². The molecule has 0 bridgehead atoms. The Labute approximate surface area is 145 Å². The van der Waals surface area contributed by atoms with E-state index in [1.165, 1.54) is 0 Å². The van der Waals surface area contributed by atoms with Crippen LogP contribution in [0.4, 0.5) is 0 Å². The SMILES string of the molecule is CC1(C(=O)N2CCN(CCOc3ccccc3)CC2)CCNCC1. The molecule has 1 amide bonds. The van der Waals surface area contributed by atoms with Crippen LogP contribution in [-0.4, -0.2) is 68.1 Å². The maximum atomic E-state index is 12.8. The van der Waals surface area contributed by atoms with E-state index in [9.17, 15) is 4.79 Å². The van der Waals surface area contributed by atoms with Gasteiger partial charge in [-0.05, 0) is 38.1 Å². The third-order valence-corrected chi connectivity index (χ3v) is 5.30. The first-order valence-corrected chi connectivity index (χ1v) is 9.08. The van der Waals surface area contributed by atoms with Gasteiger partial charge in [-0.1, -0.05) is 25.1 Å². The lowest BCUT2D eigenvalue weighted by atomic mass is 9.79. The summed E-state index contributed by atoms with van der Waals surface area (Å²) in [6.07, 6.45) is 1.91. The van der Waals surface area contributed by atoms with Gasteiger partial charge in [0.25, 0.3) is 0 Å². The number of carbonyl (C=O) groups excluding carboxylic acids is 1. The summed E-state index contributed by atoms with van der Waals surface area (Å²) < 4.78 is 5.77. The Kier molecular flexibility index (Phi) is 5.74. The average molecular weight is 331 g/mol. The van der Waals surface area contributed by atoms with E-state index in [1.54, 1.807) is 0 Å². The van der Waals surface area contributed by atoms with E-state index in [2.05, 4.69) is 22.0 Å². The monoisotopic (exact) mass is 331 g/mol. The minimum Gasteiger partial charge on any atom is -0.492 e. The topological polar surface area (TPSA) is 44.8 Å². The van der Waals surface area contributed by atoms with Gasteiger partial charge < -0.3 is 15.0 Å². The van der Waals surface area contributed by atoms with Crippen molar-refractivity contribution in [2.24, 2.45) is 5.41 Å². The van der Waals surface area contributed by atoms with Crippen molar-refractivity contribution in [3.05, 3.63) is 30.3 Å². The number of hydrogen-bond acceptors (Lipinski definition) is 4. The highest BCUT2D eigenvalue weighted by atomic mass is 16.5. The number of piperazine rings is 1. The number of ether oxygens (including phenoxy) is 1. The second-order valence-electron chi connectivity index (χ2n) is 7.11. The van der Waals surface area contributed by atoms with Gasteiger partial charge in [-0.15, -0.1) is 0 Å². The summed E-state index contributed by atoms with van der Waals surface area (Å²) in [4.78, 5) is 17.3. The van der Waals surface area contributed by atoms with Crippen molar-refractivity contribution in [2.45, 2.75) is 19.8 Å². The molecule has 5 heteroatoms. The zero-order valence-electron chi connectivity index (χ0n) is 14.7. The van der Waals surface area contributed by atoms with E-state index in [0.717, 1.165) is 64.4 Å². The minimum atomic E-state index is -0.163. The first-order valence-electron chi connectivity index (χ1n) is 9.08. The van der Waals surface area contributed by atoms with Gasteiger partial charge in [0.2, 0.25) is 5.91 Å². The molecule has 2 aliphatic heterocycles. The zero-order chi connectivity index (χ0) is 16.8. The van der Waals surface area contributed by atoms with E-state index in [0.29, 0.717) is 12.5 Å².